The molecule has 17 heteroatoms. The van der Waals surface area contributed by atoms with E-state index in [9.17, 15) is 48.7 Å². The molecule has 0 fully saturated rings. The van der Waals surface area contributed by atoms with Gasteiger partial charge in [-0.2, -0.15) is 0 Å². The maximum Gasteiger partial charge on any atom is 0.345 e. The van der Waals surface area contributed by atoms with Gasteiger partial charge in [0.2, 0.25) is 11.6 Å². The summed E-state index contributed by atoms with van der Waals surface area (Å²) in [7, 11) is 0. The van der Waals surface area contributed by atoms with Crippen LogP contribution in [0.2, 0.25) is 0 Å². The van der Waals surface area contributed by atoms with Gasteiger partial charge in [-0.1, -0.05) is 20.8 Å². The summed E-state index contributed by atoms with van der Waals surface area (Å²) in [5.41, 5.74) is -6.54. The summed E-state index contributed by atoms with van der Waals surface area (Å²) in [6.45, 7) is 5.99. The Morgan fingerprint density at radius 1 is 0.566 bits per heavy atom. The molecule has 4 aromatic rings. The van der Waals surface area contributed by atoms with Gasteiger partial charge >= 0.3 is 5.97 Å². The van der Waals surface area contributed by atoms with Crippen molar-refractivity contribution in [3.05, 3.63) is 116 Å². The van der Waals surface area contributed by atoms with E-state index in [1.165, 1.54) is 12.1 Å². The second-order valence-electron chi connectivity index (χ2n) is 11.3. The molecule has 286 valence electrons. The van der Waals surface area contributed by atoms with Crippen LogP contribution in [-0.4, -0.2) is 25.8 Å². The molecule has 0 saturated carbocycles. The third kappa shape index (κ3) is 8.19. The number of benzene rings is 4. The summed E-state index contributed by atoms with van der Waals surface area (Å²) >= 11 is 0. The number of rotatable bonds is 15. The van der Waals surface area contributed by atoms with Crippen molar-refractivity contribution in [2.45, 2.75) is 52.7 Å². The first kappa shape index (κ1) is 40.8. The predicted octanol–water partition coefficient (Wildman–Crippen LogP) is 10.5. The van der Waals surface area contributed by atoms with E-state index in [0.29, 0.717) is 49.3 Å². The van der Waals surface area contributed by atoms with Crippen molar-refractivity contribution in [3.8, 4) is 22.6 Å². The minimum Gasteiger partial charge on any atom is -0.493 e. The first-order chi connectivity index (χ1) is 25.1. The van der Waals surface area contributed by atoms with Gasteiger partial charge in [0.05, 0.1) is 30.9 Å². The lowest BCUT2D eigenvalue weighted by atomic mass is 9.96. The zero-order valence-electron chi connectivity index (χ0n) is 27.9. The van der Waals surface area contributed by atoms with Gasteiger partial charge in [-0.05, 0) is 48.6 Å². The first-order valence-electron chi connectivity index (χ1n) is 15.8. The second-order valence-corrected chi connectivity index (χ2v) is 11.3. The smallest absolute Gasteiger partial charge is 0.345 e. The van der Waals surface area contributed by atoms with Gasteiger partial charge in [0.1, 0.15) is 28.7 Å². The fourth-order valence-electron chi connectivity index (χ4n) is 5.09. The van der Waals surface area contributed by atoms with Gasteiger partial charge in [0.15, 0.2) is 52.6 Å². The topological polar surface area (TPSA) is 54.0 Å². The zero-order valence-corrected chi connectivity index (χ0v) is 27.9. The van der Waals surface area contributed by atoms with Crippen LogP contribution in [0.3, 0.4) is 0 Å². The largest absolute Gasteiger partial charge is 0.493 e. The van der Waals surface area contributed by atoms with Gasteiger partial charge in [-0.3, -0.25) is 0 Å². The molecule has 0 saturated heterocycles. The minimum atomic E-state index is -3.69. The maximum absolute atomic E-state index is 15.8. The normalized spacial score (nSPS) is 11.4. The highest BCUT2D eigenvalue weighted by molar-refractivity contribution is 5.91. The molecule has 0 spiro atoms. The van der Waals surface area contributed by atoms with Crippen molar-refractivity contribution in [1.82, 2.24) is 0 Å². The second kappa shape index (κ2) is 17.3. The number of halogens is 12. The van der Waals surface area contributed by atoms with Gasteiger partial charge in [-0.15, -0.1) is 0 Å². The molecule has 0 aliphatic heterocycles. The lowest BCUT2D eigenvalue weighted by Crippen LogP contribution is -2.23. The SMILES string of the molecule is CCCOCc1cc(OCCC)cc(OCCC)c1-c1cc(F)c(C(=O)OC(c2c(F)c(F)c(F)c(F)c2F)c2c(F)c(F)c(F)c(F)c2F)c(F)c1. The van der Waals surface area contributed by atoms with E-state index in [1.807, 2.05) is 13.8 Å². The number of ether oxygens (including phenoxy) is 4. The standard InChI is InChI=1S/C36H28F12O5/c1-4-7-50-14-16-10-17(51-8-5-2)13-20(52-9-6-3)21(16)15-11-18(37)22(19(38)12-15)36(49)53-35(23-25(39)29(43)33(47)30(44)26(23)40)24-27(41)31(45)34(48)32(46)28(24)42/h10-13,35H,4-9,14H2,1-3H3. The molecule has 0 aromatic heterocycles. The fourth-order valence-corrected chi connectivity index (χ4v) is 5.09. The van der Waals surface area contributed by atoms with Crippen molar-refractivity contribution in [1.29, 1.82) is 0 Å². The summed E-state index contributed by atoms with van der Waals surface area (Å²) in [5, 5.41) is 0. The molecule has 0 aliphatic rings. The Morgan fingerprint density at radius 2 is 1.00 bits per heavy atom. The van der Waals surface area contributed by atoms with Gasteiger partial charge < -0.3 is 18.9 Å². The van der Waals surface area contributed by atoms with Crippen LogP contribution < -0.4 is 9.47 Å². The Bertz CT molecular complexity index is 1870. The van der Waals surface area contributed by atoms with E-state index in [2.05, 4.69) is 4.74 Å². The lowest BCUT2D eigenvalue weighted by Gasteiger charge is -2.23. The van der Waals surface area contributed by atoms with Crippen LogP contribution in [0.5, 0.6) is 11.5 Å². The highest BCUT2D eigenvalue weighted by Gasteiger charge is 2.40. The fraction of sp³-hybridized carbons (Fsp3) is 0.306. The quantitative estimate of drug-likeness (QED) is 0.0396. The van der Waals surface area contributed by atoms with E-state index < -0.39 is 98.6 Å². The zero-order chi connectivity index (χ0) is 39.3. The summed E-state index contributed by atoms with van der Waals surface area (Å²) in [6, 6.07) is 4.04. The highest BCUT2D eigenvalue weighted by atomic mass is 19.2. The molecule has 0 bridgehead atoms. The molecule has 53 heavy (non-hydrogen) atoms. The molecule has 4 rings (SSSR count). The molecule has 4 aromatic carbocycles. The van der Waals surface area contributed by atoms with Crippen LogP contribution in [0.25, 0.3) is 11.1 Å². The number of hydrogen-bond donors (Lipinski definition) is 0. The van der Waals surface area contributed by atoms with E-state index >= 15 is 8.78 Å². The Hall–Kier alpha value is -4.93. The van der Waals surface area contributed by atoms with Crippen LogP contribution in [0.15, 0.2) is 24.3 Å². The molecular formula is C36H28F12O5. The Labute approximate surface area is 294 Å². The first-order valence-corrected chi connectivity index (χ1v) is 15.8. The third-order valence-electron chi connectivity index (χ3n) is 7.47. The summed E-state index contributed by atoms with van der Waals surface area (Å²) < 4.78 is 197. The number of carbonyl (C=O) groups is 1. The third-order valence-corrected chi connectivity index (χ3v) is 7.47. The van der Waals surface area contributed by atoms with Crippen LogP contribution in [0.1, 0.15) is 73.2 Å². The predicted molar refractivity (Wildman–Crippen MR) is 163 cm³/mol. The van der Waals surface area contributed by atoms with Crippen molar-refractivity contribution in [2.24, 2.45) is 0 Å². The summed E-state index contributed by atoms with van der Waals surface area (Å²) in [6.07, 6.45) is -1.99. The molecule has 0 heterocycles. The molecule has 5 nitrogen and oxygen atoms in total. The van der Waals surface area contributed by atoms with Crippen LogP contribution >= 0.6 is 0 Å². The average molecular weight is 769 g/mol. The molecule has 0 N–H and O–H groups in total. The Kier molecular flexibility index (Phi) is 13.3. The van der Waals surface area contributed by atoms with E-state index in [-0.39, 0.29) is 36.7 Å². The maximum atomic E-state index is 15.8. The number of hydrogen-bond acceptors (Lipinski definition) is 5. The highest BCUT2D eigenvalue weighted by Crippen LogP contribution is 2.42. The summed E-state index contributed by atoms with van der Waals surface area (Å²) in [5.74, 6) is -34.1. The van der Waals surface area contributed by atoms with E-state index in [1.54, 1.807) is 6.92 Å². The van der Waals surface area contributed by atoms with E-state index in [4.69, 9.17) is 14.2 Å². The Balaban J connectivity index is 1.92. The van der Waals surface area contributed by atoms with Crippen LogP contribution in [-0.2, 0) is 16.1 Å². The molecule has 0 atom stereocenters. The van der Waals surface area contributed by atoms with Crippen molar-refractivity contribution in [2.75, 3.05) is 19.8 Å². The van der Waals surface area contributed by atoms with Crippen LogP contribution in [0.4, 0.5) is 52.7 Å². The molecular weight excluding hydrogens is 740 g/mol. The Morgan fingerprint density at radius 3 is 1.45 bits per heavy atom. The molecule has 0 amide bonds. The summed E-state index contributed by atoms with van der Waals surface area (Å²) in [4.78, 5) is 13.2. The van der Waals surface area contributed by atoms with Crippen molar-refractivity contribution >= 4 is 5.97 Å². The molecule has 0 radical (unpaired) electrons. The van der Waals surface area contributed by atoms with Crippen LogP contribution in [0, 0.1) is 69.8 Å². The van der Waals surface area contributed by atoms with Gasteiger partial charge in [-0.25, -0.2) is 57.5 Å². The van der Waals surface area contributed by atoms with Crippen molar-refractivity contribution in [3.63, 3.8) is 0 Å². The minimum absolute atomic E-state index is 0.0526. The van der Waals surface area contributed by atoms with Crippen molar-refractivity contribution < 1.29 is 76.4 Å². The van der Waals surface area contributed by atoms with Gasteiger partial charge in [0, 0.05) is 18.2 Å². The molecule has 0 unspecified atom stereocenters. The number of carbonyl (C=O) groups excluding carboxylic acids is 1. The average Bonchev–Trinajstić information content (AvgIpc) is 3.12. The number of esters is 1. The molecule has 0 aliphatic carbocycles. The van der Waals surface area contributed by atoms with Gasteiger partial charge in [0.25, 0.3) is 0 Å². The van der Waals surface area contributed by atoms with E-state index in [0.717, 1.165) is 0 Å². The lowest BCUT2D eigenvalue weighted by molar-refractivity contribution is 0.0334. The monoisotopic (exact) mass is 768 g/mol.